The number of benzene rings is 5. The molecule has 46 heavy (non-hydrogen) atoms. The minimum atomic E-state index is 0.516. The zero-order valence-corrected chi connectivity index (χ0v) is 25.0. The Bertz CT molecular complexity index is 2410. The summed E-state index contributed by atoms with van der Waals surface area (Å²) < 4.78 is 19.6. The van der Waals surface area contributed by atoms with Gasteiger partial charge in [-0.3, -0.25) is 0 Å². The molecule has 0 aliphatic carbocycles. The Hall–Kier alpha value is -6.21. The van der Waals surface area contributed by atoms with Crippen LogP contribution in [-0.4, -0.2) is 23.6 Å². The number of para-hydroxylation sites is 3. The van der Waals surface area contributed by atoms with Gasteiger partial charge in [0.05, 0.1) is 23.4 Å². The molecule has 8 aromatic rings. The number of aromatic nitrogens is 1. The molecule has 0 N–H and O–H groups in total. The van der Waals surface area contributed by atoms with E-state index in [-0.39, 0.29) is 0 Å². The van der Waals surface area contributed by atoms with Crippen LogP contribution in [0.2, 0.25) is 0 Å². The second-order valence-corrected chi connectivity index (χ2v) is 11.5. The quantitative estimate of drug-likeness (QED) is 0.188. The van der Waals surface area contributed by atoms with Crippen molar-refractivity contribution in [3.05, 3.63) is 140 Å². The summed E-state index contributed by atoms with van der Waals surface area (Å²) in [6.45, 7) is 0.734. The van der Waals surface area contributed by atoms with Crippen LogP contribution in [0.4, 0.5) is 22.7 Å². The lowest BCUT2D eigenvalue weighted by Crippen LogP contribution is -2.22. The molecule has 0 saturated heterocycles. The van der Waals surface area contributed by atoms with Crippen LogP contribution < -0.4 is 14.5 Å². The first-order chi connectivity index (χ1) is 22.7. The molecule has 222 valence electrons. The lowest BCUT2D eigenvalue weighted by Gasteiger charge is -2.28. The summed E-state index contributed by atoms with van der Waals surface area (Å²) in [5, 5.41) is 4.01. The van der Waals surface area contributed by atoms with Crippen LogP contribution in [0.1, 0.15) is 0 Å². The van der Waals surface area contributed by atoms with E-state index in [9.17, 15) is 0 Å². The van der Waals surface area contributed by atoms with E-state index in [4.69, 9.17) is 13.6 Å². The Morgan fingerprint density at radius 3 is 2.22 bits per heavy atom. The summed E-state index contributed by atoms with van der Waals surface area (Å²) in [5.41, 5.74) is 6.98. The third-order valence-electron chi connectivity index (χ3n) is 8.44. The summed E-state index contributed by atoms with van der Waals surface area (Å²) in [7, 11) is 2.07. The Kier molecular flexibility index (Phi) is 5.96. The van der Waals surface area contributed by atoms with Gasteiger partial charge in [0.15, 0.2) is 5.58 Å². The molecule has 0 fully saturated rings. The van der Waals surface area contributed by atoms with E-state index in [1.54, 1.807) is 6.20 Å². The van der Waals surface area contributed by atoms with E-state index in [2.05, 4.69) is 93.7 Å². The molecule has 0 atom stereocenters. The average Bonchev–Trinajstić information content (AvgIpc) is 3.81. The molecule has 0 radical (unpaired) electrons. The number of fused-ring (bicyclic) bond motifs is 6. The lowest BCUT2D eigenvalue weighted by molar-refractivity contribution is 0.463. The van der Waals surface area contributed by atoms with Gasteiger partial charge >= 0.3 is 0 Å². The minimum absolute atomic E-state index is 0.516. The number of furan rings is 2. The number of nitrogens with zero attached hydrogens (tertiary/aromatic N) is 4. The SMILES string of the molecule is CN1C=CN(c2cc(N(c3ccccc3)c3cc(Oc4ccccn4)cc4c3oc3ccccc34)c3c(c2)oc2ccccc23)C1. The highest BCUT2D eigenvalue weighted by Gasteiger charge is 2.26. The summed E-state index contributed by atoms with van der Waals surface area (Å²) >= 11 is 0. The molecule has 0 spiro atoms. The first kappa shape index (κ1) is 26.2. The van der Waals surface area contributed by atoms with Crippen molar-refractivity contribution in [2.75, 3.05) is 23.5 Å². The fraction of sp³-hybridized carbons (Fsp3) is 0.0513. The van der Waals surface area contributed by atoms with Gasteiger partial charge in [-0.25, -0.2) is 4.98 Å². The monoisotopic (exact) mass is 600 g/mol. The maximum atomic E-state index is 6.67. The van der Waals surface area contributed by atoms with Crippen molar-refractivity contribution in [2.45, 2.75) is 0 Å². The van der Waals surface area contributed by atoms with Crippen LogP contribution >= 0.6 is 0 Å². The van der Waals surface area contributed by atoms with Crippen molar-refractivity contribution < 1.29 is 13.6 Å². The van der Waals surface area contributed by atoms with Gasteiger partial charge in [-0.2, -0.15) is 0 Å². The Balaban J connectivity index is 1.38. The van der Waals surface area contributed by atoms with Gasteiger partial charge in [-0.1, -0.05) is 60.7 Å². The molecule has 1 aliphatic heterocycles. The Labute approximate surface area is 264 Å². The highest BCUT2D eigenvalue weighted by molar-refractivity contribution is 6.17. The van der Waals surface area contributed by atoms with Crippen molar-refractivity contribution in [2.24, 2.45) is 0 Å². The Morgan fingerprint density at radius 1 is 0.674 bits per heavy atom. The van der Waals surface area contributed by atoms with Crippen molar-refractivity contribution in [3.8, 4) is 11.6 Å². The van der Waals surface area contributed by atoms with Crippen LogP contribution in [0.3, 0.4) is 0 Å². The average molecular weight is 601 g/mol. The second-order valence-electron chi connectivity index (χ2n) is 11.5. The first-order valence-electron chi connectivity index (χ1n) is 15.2. The van der Waals surface area contributed by atoms with E-state index in [0.717, 1.165) is 73.3 Å². The van der Waals surface area contributed by atoms with Crippen molar-refractivity contribution in [1.29, 1.82) is 0 Å². The minimum Gasteiger partial charge on any atom is -0.456 e. The van der Waals surface area contributed by atoms with E-state index >= 15 is 0 Å². The smallest absolute Gasteiger partial charge is 0.219 e. The molecule has 0 saturated carbocycles. The first-order valence-corrected chi connectivity index (χ1v) is 15.2. The van der Waals surface area contributed by atoms with Crippen LogP contribution in [0.25, 0.3) is 43.9 Å². The normalized spacial score (nSPS) is 13.1. The topological polar surface area (TPSA) is 58.1 Å². The van der Waals surface area contributed by atoms with Crippen molar-refractivity contribution in [1.82, 2.24) is 9.88 Å². The third kappa shape index (κ3) is 4.32. The van der Waals surface area contributed by atoms with Gasteiger partial charge in [0, 0.05) is 71.4 Å². The number of anilines is 4. The molecular formula is C39H28N4O3. The van der Waals surface area contributed by atoms with E-state index < -0.39 is 0 Å². The molecule has 9 rings (SSSR count). The van der Waals surface area contributed by atoms with Gasteiger partial charge in [-0.05, 0) is 42.5 Å². The van der Waals surface area contributed by atoms with Crippen LogP contribution in [0.15, 0.2) is 149 Å². The second kappa shape index (κ2) is 10.5. The molecule has 7 heteroatoms. The number of hydrogen-bond donors (Lipinski definition) is 0. The fourth-order valence-electron chi connectivity index (χ4n) is 6.38. The molecule has 5 aromatic carbocycles. The van der Waals surface area contributed by atoms with Gasteiger partial charge in [0.25, 0.3) is 0 Å². The number of hydrogen-bond acceptors (Lipinski definition) is 7. The van der Waals surface area contributed by atoms with Gasteiger partial charge in [0.1, 0.15) is 22.5 Å². The summed E-state index contributed by atoms with van der Waals surface area (Å²) in [6, 6.07) is 40.8. The maximum Gasteiger partial charge on any atom is 0.219 e. The fourth-order valence-corrected chi connectivity index (χ4v) is 6.38. The number of rotatable bonds is 6. The molecule has 3 aromatic heterocycles. The summed E-state index contributed by atoms with van der Waals surface area (Å²) in [6.07, 6.45) is 5.90. The molecule has 0 bridgehead atoms. The molecular weight excluding hydrogens is 572 g/mol. The summed E-state index contributed by atoms with van der Waals surface area (Å²) in [4.78, 5) is 11.1. The van der Waals surface area contributed by atoms with Crippen molar-refractivity contribution >= 4 is 66.6 Å². The number of pyridine rings is 1. The van der Waals surface area contributed by atoms with E-state index in [0.29, 0.717) is 11.6 Å². The van der Waals surface area contributed by atoms with Gasteiger partial charge in [-0.15, -0.1) is 0 Å². The molecule has 4 heterocycles. The van der Waals surface area contributed by atoms with E-state index in [1.165, 1.54) is 0 Å². The molecule has 0 unspecified atom stereocenters. The Morgan fingerprint density at radius 2 is 1.43 bits per heavy atom. The zero-order chi connectivity index (χ0) is 30.6. The van der Waals surface area contributed by atoms with E-state index in [1.807, 2.05) is 66.7 Å². The molecule has 7 nitrogen and oxygen atoms in total. The van der Waals surface area contributed by atoms with Crippen molar-refractivity contribution in [3.63, 3.8) is 0 Å². The maximum absolute atomic E-state index is 6.67. The highest BCUT2D eigenvalue weighted by Crippen LogP contribution is 2.49. The third-order valence-corrected chi connectivity index (χ3v) is 8.44. The standard InChI is InChI=1S/C39H28N4O3/c1-41-19-20-42(25-41)27-21-32(38-30-14-6-8-16-35(30)45-36(38)22-27)43(26-11-3-2-4-12-26)33-24-28(44-37-17-9-10-18-40-37)23-31-29-13-5-7-15-34(29)46-39(31)33/h2-24H,25H2,1H3. The number of ether oxygens (including phenoxy) is 1. The van der Waals surface area contributed by atoms with Crippen LogP contribution in [0, 0.1) is 0 Å². The largest absolute Gasteiger partial charge is 0.456 e. The summed E-state index contributed by atoms with van der Waals surface area (Å²) in [5.74, 6) is 1.17. The highest BCUT2D eigenvalue weighted by atomic mass is 16.5. The van der Waals surface area contributed by atoms with Gasteiger partial charge < -0.3 is 28.3 Å². The molecule has 0 amide bonds. The predicted octanol–water partition coefficient (Wildman–Crippen LogP) is 10.3. The zero-order valence-electron chi connectivity index (χ0n) is 25.0. The van der Waals surface area contributed by atoms with Crippen LogP contribution in [-0.2, 0) is 0 Å². The van der Waals surface area contributed by atoms with Gasteiger partial charge in [0.2, 0.25) is 5.88 Å². The predicted molar refractivity (Wildman–Crippen MR) is 184 cm³/mol. The lowest BCUT2D eigenvalue weighted by atomic mass is 10.1. The van der Waals surface area contributed by atoms with Crippen LogP contribution in [0.5, 0.6) is 11.6 Å². The molecule has 1 aliphatic rings.